The van der Waals surface area contributed by atoms with Crippen LogP contribution in [-0.4, -0.2) is 32.1 Å². The van der Waals surface area contributed by atoms with Crippen LogP contribution in [0.1, 0.15) is 22.3 Å². The van der Waals surface area contributed by atoms with Crippen LogP contribution in [0.15, 0.2) is 48.6 Å². The molecular formula is C24H24N2O5. The second kappa shape index (κ2) is 8.87. The second-order valence-corrected chi connectivity index (χ2v) is 7.21. The SMILES string of the molecule is C=CCc1cc(/C=C2/C(=O)NC(=O)N(c3cc(C)cc(C)c3)C2=O)cc(OC)c1OC. The van der Waals surface area contributed by atoms with Gasteiger partial charge in [0, 0.05) is 5.56 Å². The number of benzene rings is 2. The van der Waals surface area contributed by atoms with Crippen LogP contribution in [0.3, 0.4) is 0 Å². The first-order valence-electron chi connectivity index (χ1n) is 9.64. The summed E-state index contributed by atoms with van der Waals surface area (Å²) >= 11 is 0. The van der Waals surface area contributed by atoms with E-state index in [2.05, 4.69) is 11.9 Å². The summed E-state index contributed by atoms with van der Waals surface area (Å²) in [5, 5.41) is 2.25. The molecule has 0 radical (unpaired) electrons. The molecule has 0 bridgehead atoms. The lowest BCUT2D eigenvalue weighted by atomic mass is 10.0. The molecule has 3 rings (SSSR count). The van der Waals surface area contributed by atoms with E-state index >= 15 is 0 Å². The number of aryl methyl sites for hydroxylation is 2. The number of hydrogen-bond donors (Lipinski definition) is 1. The van der Waals surface area contributed by atoms with Crippen LogP contribution in [0.4, 0.5) is 10.5 Å². The Balaban J connectivity index is 2.09. The van der Waals surface area contributed by atoms with Gasteiger partial charge in [-0.15, -0.1) is 6.58 Å². The summed E-state index contributed by atoms with van der Waals surface area (Å²) in [5.41, 5.74) is 3.38. The van der Waals surface area contributed by atoms with E-state index in [-0.39, 0.29) is 5.57 Å². The Morgan fingerprint density at radius 1 is 1.00 bits per heavy atom. The average Bonchev–Trinajstić information content (AvgIpc) is 2.70. The van der Waals surface area contributed by atoms with E-state index in [1.807, 2.05) is 19.9 Å². The number of imide groups is 2. The van der Waals surface area contributed by atoms with Crippen LogP contribution in [-0.2, 0) is 16.0 Å². The lowest BCUT2D eigenvalue weighted by Crippen LogP contribution is -2.54. The van der Waals surface area contributed by atoms with E-state index in [0.29, 0.717) is 29.2 Å². The highest BCUT2D eigenvalue weighted by Crippen LogP contribution is 2.34. The van der Waals surface area contributed by atoms with E-state index in [0.717, 1.165) is 21.6 Å². The Bertz CT molecular complexity index is 1100. The molecule has 2 aromatic carbocycles. The normalized spacial score (nSPS) is 15.2. The second-order valence-electron chi connectivity index (χ2n) is 7.21. The van der Waals surface area contributed by atoms with Gasteiger partial charge < -0.3 is 9.47 Å². The van der Waals surface area contributed by atoms with Gasteiger partial charge in [-0.05, 0) is 67.3 Å². The van der Waals surface area contributed by atoms with Gasteiger partial charge in [-0.25, -0.2) is 9.69 Å². The molecule has 31 heavy (non-hydrogen) atoms. The molecular weight excluding hydrogens is 396 g/mol. The number of amides is 4. The summed E-state index contributed by atoms with van der Waals surface area (Å²) < 4.78 is 10.8. The van der Waals surface area contributed by atoms with E-state index in [9.17, 15) is 14.4 Å². The summed E-state index contributed by atoms with van der Waals surface area (Å²) in [6, 6.07) is 8.04. The Hall–Kier alpha value is -3.87. The molecule has 0 spiro atoms. The summed E-state index contributed by atoms with van der Waals surface area (Å²) in [7, 11) is 3.04. The van der Waals surface area contributed by atoms with E-state index in [1.54, 1.807) is 30.3 Å². The molecule has 1 heterocycles. The maximum atomic E-state index is 13.2. The molecule has 7 heteroatoms. The van der Waals surface area contributed by atoms with Crippen molar-refractivity contribution in [1.82, 2.24) is 5.32 Å². The third-order valence-corrected chi connectivity index (χ3v) is 4.82. The number of hydrogen-bond acceptors (Lipinski definition) is 5. The minimum absolute atomic E-state index is 0.157. The largest absolute Gasteiger partial charge is 0.493 e. The number of rotatable bonds is 6. The molecule has 1 N–H and O–H groups in total. The minimum Gasteiger partial charge on any atom is -0.493 e. The number of methoxy groups -OCH3 is 2. The van der Waals surface area contributed by atoms with Crippen LogP contribution in [0.25, 0.3) is 6.08 Å². The van der Waals surface area contributed by atoms with Crippen LogP contribution in [0.2, 0.25) is 0 Å². The molecule has 1 saturated heterocycles. The molecule has 0 atom stereocenters. The highest BCUT2D eigenvalue weighted by molar-refractivity contribution is 6.39. The molecule has 1 aliphatic heterocycles. The van der Waals surface area contributed by atoms with Crippen molar-refractivity contribution in [3.05, 3.63) is 70.8 Å². The predicted molar refractivity (Wildman–Crippen MR) is 118 cm³/mol. The molecule has 1 fully saturated rings. The summed E-state index contributed by atoms with van der Waals surface area (Å²) in [5.74, 6) is -0.440. The van der Waals surface area contributed by atoms with E-state index in [1.165, 1.54) is 20.3 Å². The quantitative estimate of drug-likeness (QED) is 0.437. The standard InChI is InChI=1S/C24H24N2O5/c1-6-7-17-11-16(13-20(30-4)21(17)31-5)12-19-22(27)25-24(29)26(23(19)28)18-9-14(2)8-15(3)10-18/h6,8-13H,1,7H2,2-5H3,(H,25,27,29)/b19-12-. The number of barbiturate groups is 1. The fourth-order valence-corrected chi connectivity index (χ4v) is 3.60. The number of allylic oxidation sites excluding steroid dienone is 1. The summed E-state index contributed by atoms with van der Waals surface area (Å²) in [6.45, 7) is 7.49. The predicted octanol–water partition coefficient (Wildman–Crippen LogP) is 3.72. The number of carbonyl (C=O) groups excluding carboxylic acids is 3. The smallest absolute Gasteiger partial charge is 0.335 e. The number of urea groups is 1. The van der Waals surface area contributed by atoms with Crippen molar-refractivity contribution in [1.29, 1.82) is 0 Å². The Kier molecular flexibility index (Phi) is 6.25. The summed E-state index contributed by atoms with van der Waals surface area (Å²) in [4.78, 5) is 39.1. The fraction of sp³-hybridized carbons (Fsp3) is 0.208. The number of nitrogens with zero attached hydrogens (tertiary/aromatic N) is 1. The van der Waals surface area contributed by atoms with Gasteiger partial charge in [-0.2, -0.15) is 0 Å². The lowest BCUT2D eigenvalue weighted by Gasteiger charge is -2.27. The zero-order valence-electron chi connectivity index (χ0n) is 17.9. The van der Waals surface area contributed by atoms with Crippen LogP contribution in [0.5, 0.6) is 11.5 Å². The van der Waals surface area contributed by atoms with Gasteiger partial charge in [0.05, 0.1) is 19.9 Å². The van der Waals surface area contributed by atoms with Crippen molar-refractivity contribution in [2.75, 3.05) is 19.1 Å². The molecule has 0 aromatic heterocycles. The van der Waals surface area contributed by atoms with Crippen molar-refractivity contribution in [2.45, 2.75) is 20.3 Å². The number of carbonyl (C=O) groups is 3. The summed E-state index contributed by atoms with van der Waals surface area (Å²) in [6.07, 6.45) is 3.66. The topological polar surface area (TPSA) is 84.9 Å². The maximum Gasteiger partial charge on any atom is 0.335 e. The molecule has 2 aromatic rings. The van der Waals surface area contributed by atoms with Gasteiger partial charge in [0.15, 0.2) is 11.5 Å². The highest BCUT2D eigenvalue weighted by atomic mass is 16.5. The fourth-order valence-electron chi connectivity index (χ4n) is 3.60. The van der Waals surface area contributed by atoms with Crippen LogP contribution >= 0.6 is 0 Å². The maximum absolute atomic E-state index is 13.2. The first kappa shape index (κ1) is 21.8. The number of anilines is 1. The monoisotopic (exact) mass is 420 g/mol. The zero-order chi connectivity index (χ0) is 22.7. The van der Waals surface area contributed by atoms with Gasteiger partial charge >= 0.3 is 6.03 Å². The first-order valence-corrected chi connectivity index (χ1v) is 9.64. The van der Waals surface area contributed by atoms with Crippen molar-refractivity contribution in [2.24, 2.45) is 0 Å². The van der Waals surface area contributed by atoms with Gasteiger partial charge in [0.1, 0.15) is 5.57 Å². The van der Waals surface area contributed by atoms with Crippen LogP contribution in [0, 0.1) is 13.8 Å². The zero-order valence-corrected chi connectivity index (χ0v) is 17.9. The molecule has 7 nitrogen and oxygen atoms in total. The first-order chi connectivity index (χ1) is 14.8. The average molecular weight is 420 g/mol. The van der Waals surface area contributed by atoms with Crippen molar-refractivity contribution >= 4 is 29.6 Å². The van der Waals surface area contributed by atoms with Crippen molar-refractivity contribution < 1.29 is 23.9 Å². The Morgan fingerprint density at radius 3 is 2.26 bits per heavy atom. The third kappa shape index (κ3) is 4.35. The number of ether oxygens (including phenoxy) is 2. The number of nitrogens with one attached hydrogen (secondary N) is 1. The van der Waals surface area contributed by atoms with Crippen molar-refractivity contribution in [3.8, 4) is 11.5 Å². The Labute approximate surface area is 181 Å². The van der Waals surface area contributed by atoms with Crippen molar-refractivity contribution in [3.63, 3.8) is 0 Å². The third-order valence-electron chi connectivity index (χ3n) is 4.82. The molecule has 160 valence electrons. The lowest BCUT2D eigenvalue weighted by molar-refractivity contribution is -0.122. The van der Waals surface area contributed by atoms with Crippen LogP contribution < -0.4 is 19.7 Å². The highest BCUT2D eigenvalue weighted by Gasteiger charge is 2.37. The van der Waals surface area contributed by atoms with E-state index < -0.39 is 17.8 Å². The van der Waals surface area contributed by atoms with Gasteiger partial charge in [0.25, 0.3) is 11.8 Å². The molecule has 1 aliphatic rings. The molecule has 4 amide bonds. The molecule has 0 unspecified atom stereocenters. The van der Waals surface area contributed by atoms with Gasteiger partial charge in [0.2, 0.25) is 0 Å². The minimum atomic E-state index is -0.781. The van der Waals surface area contributed by atoms with E-state index in [4.69, 9.17) is 9.47 Å². The Morgan fingerprint density at radius 2 is 1.68 bits per heavy atom. The van der Waals surface area contributed by atoms with Gasteiger partial charge in [-0.1, -0.05) is 12.1 Å². The van der Waals surface area contributed by atoms with Gasteiger partial charge in [-0.3, -0.25) is 14.9 Å². The molecule has 0 aliphatic carbocycles. The molecule has 0 saturated carbocycles.